The van der Waals surface area contributed by atoms with Crippen LogP contribution in [0.3, 0.4) is 0 Å². The average Bonchev–Trinajstić information content (AvgIpc) is 2.42. The van der Waals surface area contributed by atoms with E-state index in [1.54, 1.807) is 6.07 Å². The van der Waals surface area contributed by atoms with Crippen LogP contribution in [0.1, 0.15) is 50.6 Å². The predicted molar refractivity (Wildman–Crippen MR) is 77.4 cm³/mol. The maximum atomic E-state index is 13.4. The number of hydrogen-bond donors (Lipinski definition) is 1. The van der Waals surface area contributed by atoms with Crippen molar-refractivity contribution in [1.82, 2.24) is 4.90 Å². The molecule has 2 rings (SSSR count). The van der Waals surface area contributed by atoms with Crippen LogP contribution in [0.2, 0.25) is 0 Å². The smallest absolute Gasteiger partial charge is 0.123 e. The molecule has 1 aromatic carbocycles. The van der Waals surface area contributed by atoms with Crippen molar-refractivity contribution >= 4 is 0 Å². The first-order valence-electron chi connectivity index (χ1n) is 7.47. The highest BCUT2D eigenvalue weighted by atomic mass is 19.1. The SMILES string of the molecule is CCC(c1cccc(F)c1)N1CCCCC1CCN. The minimum atomic E-state index is -0.136. The zero-order valence-corrected chi connectivity index (χ0v) is 11.8. The molecule has 0 amide bonds. The van der Waals surface area contributed by atoms with Crippen LogP contribution >= 0.6 is 0 Å². The molecule has 1 heterocycles. The summed E-state index contributed by atoms with van der Waals surface area (Å²) in [6.45, 7) is 4.03. The van der Waals surface area contributed by atoms with E-state index in [0.717, 1.165) is 31.5 Å². The molecular weight excluding hydrogens is 239 g/mol. The van der Waals surface area contributed by atoms with Gasteiger partial charge in [0.05, 0.1) is 0 Å². The number of halogens is 1. The molecule has 1 fully saturated rings. The van der Waals surface area contributed by atoms with Gasteiger partial charge in [-0.05, 0) is 56.5 Å². The lowest BCUT2D eigenvalue weighted by Crippen LogP contribution is -2.42. The van der Waals surface area contributed by atoms with E-state index in [9.17, 15) is 4.39 Å². The first kappa shape index (κ1) is 14.5. The van der Waals surface area contributed by atoms with Gasteiger partial charge in [-0.25, -0.2) is 4.39 Å². The third kappa shape index (κ3) is 3.54. The standard InChI is InChI=1S/C16H25FN2/c1-2-16(13-6-5-7-14(17)12-13)19-11-4-3-8-15(19)9-10-18/h5-7,12,15-16H,2-4,8-11,18H2,1H3. The summed E-state index contributed by atoms with van der Waals surface area (Å²) in [5.74, 6) is -0.136. The number of nitrogens with two attached hydrogens (primary N) is 1. The van der Waals surface area contributed by atoms with Gasteiger partial charge < -0.3 is 5.73 Å². The summed E-state index contributed by atoms with van der Waals surface area (Å²) in [5, 5.41) is 0. The minimum absolute atomic E-state index is 0.136. The van der Waals surface area contributed by atoms with Crippen LogP contribution in [0.5, 0.6) is 0 Å². The van der Waals surface area contributed by atoms with Crippen molar-refractivity contribution in [3.8, 4) is 0 Å². The molecule has 0 saturated carbocycles. The van der Waals surface area contributed by atoms with Crippen molar-refractivity contribution in [2.24, 2.45) is 5.73 Å². The topological polar surface area (TPSA) is 29.3 Å². The van der Waals surface area contributed by atoms with Crippen LogP contribution in [-0.2, 0) is 0 Å². The molecule has 1 aliphatic rings. The molecule has 2 nitrogen and oxygen atoms in total. The number of nitrogens with zero attached hydrogens (tertiary/aromatic N) is 1. The minimum Gasteiger partial charge on any atom is -0.330 e. The number of rotatable bonds is 5. The Kier molecular flexibility index (Phi) is 5.34. The molecule has 0 radical (unpaired) electrons. The Hall–Kier alpha value is -0.930. The Balaban J connectivity index is 2.19. The summed E-state index contributed by atoms with van der Waals surface area (Å²) in [6, 6.07) is 7.95. The summed E-state index contributed by atoms with van der Waals surface area (Å²) >= 11 is 0. The van der Waals surface area contributed by atoms with Crippen molar-refractivity contribution in [2.75, 3.05) is 13.1 Å². The van der Waals surface area contributed by atoms with Crippen molar-refractivity contribution in [2.45, 2.75) is 51.1 Å². The normalized spacial score (nSPS) is 22.4. The van der Waals surface area contributed by atoms with E-state index in [2.05, 4.69) is 11.8 Å². The number of piperidine rings is 1. The number of hydrogen-bond acceptors (Lipinski definition) is 2. The van der Waals surface area contributed by atoms with E-state index in [-0.39, 0.29) is 5.82 Å². The van der Waals surface area contributed by atoms with Crippen molar-refractivity contribution < 1.29 is 4.39 Å². The number of likely N-dealkylation sites (tertiary alicyclic amines) is 1. The lowest BCUT2D eigenvalue weighted by atomic mass is 9.93. The van der Waals surface area contributed by atoms with E-state index in [0.29, 0.717) is 12.1 Å². The van der Waals surface area contributed by atoms with Crippen LogP contribution in [-0.4, -0.2) is 24.0 Å². The molecule has 0 bridgehead atoms. The highest BCUT2D eigenvalue weighted by Gasteiger charge is 2.28. The van der Waals surface area contributed by atoms with Crippen LogP contribution in [0.15, 0.2) is 24.3 Å². The van der Waals surface area contributed by atoms with Gasteiger partial charge in [0.1, 0.15) is 5.82 Å². The van der Waals surface area contributed by atoms with Gasteiger partial charge in [-0.1, -0.05) is 25.5 Å². The molecular formula is C16H25FN2. The van der Waals surface area contributed by atoms with E-state index in [1.165, 1.54) is 25.3 Å². The molecule has 2 atom stereocenters. The van der Waals surface area contributed by atoms with Crippen molar-refractivity contribution in [3.05, 3.63) is 35.6 Å². The fourth-order valence-electron chi connectivity index (χ4n) is 3.31. The predicted octanol–water partition coefficient (Wildman–Crippen LogP) is 3.48. The Bertz CT molecular complexity index is 392. The maximum absolute atomic E-state index is 13.4. The summed E-state index contributed by atoms with van der Waals surface area (Å²) in [7, 11) is 0. The Labute approximate surface area is 115 Å². The third-order valence-electron chi connectivity index (χ3n) is 4.19. The molecule has 2 unspecified atom stereocenters. The zero-order chi connectivity index (χ0) is 13.7. The van der Waals surface area contributed by atoms with Gasteiger partial charge in [0.2, 0.25) is 0 Å². The van der Waals surface area contributed by atoms with Gasteiger partial charge in [-0.15, -0.1) is 0 Å². The van der Waals surface area contributed by atoms with Gasteiger partial charge >= 0.3 is 0 Å². The van der Waals surface area contributed by atoms with Crippen molar-refractivity contribution in [1.29, 1.82) is 0 Å². The van der Waals surface area contributed by atoms with Crippen LogP contribution in [0.25, 0.3) is 0 Å². The van der Waals surface area contributed by atoms with E-state index >= 15 is 0 Å². The second kappa shape index (κ2) is 7.01. The maximum Gasteiger partial charge on any atom is 0.123 e. The first-order chi connectivity index (χ1) is 9.26. The quantitative estimate of drug-likeness (QED) is 0.882. The van der Waals surface area contributed by atoms with Crippen LogP contribution in [0.4, 0.5) is 4.39 Å². The molecule has 2 N–H and O–H groups in total. The second-order valence-electron chi connectivity index (χ2n) is 5.44. The summed E-state index contributed by atoms with van der Waals surface area (Å²) < 4.78 is 13.4. The van der Waals surface area contributed by atoms with Gasteiger partial charge in [-0.3, -0.25) is 4.90 Å². The van der Waals surface area contributed by atoms with Crippen molar-refractivity contribution in [3.63, 3.8) is 0 Å². The third-order valence-corrected chi connectivity index (χ3v) is 4.19. The highest BCUT2D eigenvalue weighted by Crippen LogP contribution is 2.32. The molecule has 106 valence electrons. The van der Waals surface area contributed by atoms with Gasteiger partial charge in [-0.2, -0.15) is 0 Å². The molecule has 3 heteroatoms. The first-order valence-corrected chi connectivity index (χ1v) is 7.47. The molecule has 0 aromatic heterocycles. The van der Waals surface area contributed by atoms with Gasteiger partial charge in [0.15, 0.2) is 0 Å². The molecule has 0 aliphatic carbocycles. The summed E-state index contributed by atoms with van der Waals surface area (Å²) in [5.41, 5.74) is 6.84. The summed E-state index contributed by atoms with van der Waals surface area (Å²) in [6.07, 6.45) is 5.83. The lowest BCUT2D eigenvalue weighted by molar-refractivity contribution is 0.0870. The van der Waals surface area contributed by atoms with Crippen LogP contribution in [0, 0.1) is 5.82 Å². The molecule has 19 heavy (non-hydrogen) atoms. The molecule has 1 aliphatic heterocycles. The fourth-order valence-corrected chi connectivity index (χ4v) is 3.31. The average molecular weight is 264 g/mol. The Morgan fingerprint density at radius 1 is 1.42 bits per heavy atom. The molecule has 1 aromatic rings. The van der Waals surface area contributed by atoms with E-state index in [4.69, 9.17) is 5.73 Å². The lowest BCUT2D eigenvalue weighted by Gasteiger charge is -2.41. The monoisotopic (exact) mass is 264 g/mol. The largest absolute Gasteiger partial charge is 0.330 e. The second-order valence-corrected chi connectivity index (χ2v) is 5.44. The Morgan fingerprint density at radius 3 is 2.95 bits per heavy atom. The fraction of sp³-hybridized carbons (Fsp3) is 0.625. The number of benzene rings is 1. The van der Waals surface area contributed by atoms with Gasteiger partial charge in [0.25, 0.3) is 0 Å². The van der Waals surface area contributed by atoms with Gasteiger partial charge in [0, 0.05) is 12.1 Å². The molecule has 1 saturated heterocycles. The van der Waals surface area contributed by atoms with Crippen LogP contribution < -0.4 is 5.73 Å². The van der Waals surface area contributed by atoms with E-state index in [1.807, 2.05) is 12.1 Å². The Morgan fingerprint density at radius 2 is 2.26 bits per heavy atom. The highest BCUT2D eigenvalue weighted by molar-refractivity contribution is 5.20. The zero-order valence-electron chi connectivity index (χ0n) is 11.8. The van der Waals surface area contributed by atoms with E-state index < -0.39 is 0 Å². The molecule has 0 spiro atoms. The summed E-state index contributed by atoms with van der Waals surface area (Å²) in [4.78, 5) is 2.55.